The van der Waals surface area contributed by atoms with E-state index in [1.54, 1.807) is 0 Å². The van der Waals surface area contributed by atoms with Crippen molar-refractivity contribution in [2.75, 3.05) is 0 Å². The second kappa shape index (κ2) is 3.18. The number of alkyl halides is 3. The van der Waals surface area contributed by atoms with E-state index in [0.717, 1.165) is 0 Å². The van der Waals surface area contributed by atoms with Crippen LogP contribution in [0.1, 0.15) is 18.1 Å². The highest BCUT2D eigenvalue weighted by Gasteiger charge is 2.31. The van der Waals surface area contributed by atoms with Crippen molar-refractivity contribution in [2.45, 2.75) is 18.7 Å². The monoisotopic (exact) mass is 179 g/mol. The third kappa shape index (κ3) is 2.58. The minimum Gasteiger partial charge on any atom is -0.388 e. The summed E-state index contributed by atoms with van der Waals surface area (Å²) in [7, 11) is 0. The normalized spacial score (nSPS) is 14.7. The van der Waals surface area contributed by atoms with E-state index in [4.69, 9.17) is 5.11 Å². The third-order valence-electron chi connectivity index (χ3n) is 1.43. The number of aromatic amines is 1. The molecule has 0 saturated heterocycles. The number of H-pyrrole nitrogens is 1. The van der Waals surface area contributed by atoms with Gasteiger partial charge in [0, 0.05) is 12.4 Å². The Bertz CT molecular complexity index is 229. The van der Waals surface area contributed by atoms with Gasteiger partial charge >= 0.3 is 6.18 Å². The summed E-state index contributed by atoms with van der Waals surface area (Å²) in [6.07, 6.45) is -4.18. The lowest BCUT2D eigenvalue weighted by Gasteiger charge is -2.10. The first-order valence-corrected chi connectivity index (χ1v) is 3.36. The van der Waals surface area contributed by atoms with E-state index in [9.17, 15) is 13.2 Å². The largest absolute Gasteiger partial charge is 0.391 e. The zero-order valence-corrected chi connectivity index (χ0v) is 6.10. The number of hydrogen-bond donors (Lipinski definition) is 2. The molecule has 1 unspecified atom stereocenters. The molecular formula is C7H8F3NO. The molecule has 68 valence electrons. The molecule has 0 aliphatic heterocycles. The topological polar surface area (TPSA) is 36.0 Å². The Kier molecular flexibility index (Phi) is 2.42. The third-order valence-corrected chi connectivity index (χ3v) is 1.43. The zero-order valence-electron chi connectivity index (χ0n) is 6.10. The summed E-state index contributed by atoms with van der Waals surface area (Å²) in [5.41, 5.74) is 0.257. The molecule has 0 radical (unpaired) electrons. The van der Waals surface area contributed by atoms with Gasteiger partial charge in [-0.3, -0.25) is 0 Å². The number of hydrogen-bond acceptors (Lipinski definition) is 1. The van der Waals surface area contributed by atoms with Crippen molar-refractivity contribution in [3.05, 3.63) is 24.0 Å². The van der Waals surface area contributed by atoms with Crippen molar-refractivity contribution >= 4 is 0 Å². The van der Waals surface area contributed by atoms with Crippen LogP contribution in [0.25, 0.3) is 0 Å². The number of halogens is 3. The van der Waals surface area contributed by atoms with Crippen LogP contribution in [0, 0.1) is 0 Å². The Morgan fingerprint density at radius 1 is 1.50 bits per heavy atom. The van der Waals surface area contributed by atoms with E-state index in [-0.39, 0.29) is 5.56 Å². The van der Waals surface area contributed by atoms with Crippen LogP contribution in [-0.4, -0.2) is 16.3 Å². The van der Waals surface area contributed by atoms with Crippen molar-refractivity contribution in [2.24, 2.45) is 0 Å². The van der Waals surface area contributed by atoms with Crippen molar-refractivity contribution in [3.63, 3.8) is 0 Å². The summed E-state index contributed by atoms with van der Waals surface area (Å²) in [5, 5.41) is 9.01. The lowest BCUT2D eigenvalue weighted by Crippen LogP contribution is -2.13. The molecule has 1 heterocycles. The molecule has 0 amide bonds. The molecular weight excluding hydrogens is 171 g/mol. The van der Waals surface area contributed by atoms with E-state index < -0.39 is 18.7 Å². The van der Waals surface area contributed by atoms with Gasteiger partial charge in [-0.15, -0.1) is 0 Å². The maximum absolute atomic E-state index is 11.7. The van der Waals surface area contributed by atoms with Crippen molar-refractivity contribution in [1.29, 1.82) is 0 Å². The van der Waals surface area contributed by atoms with E-state index >= 15 is 0 Å². The molecule has 0 spiro atoms. The number of nitrogens with one attached hydrogen (secondary N) is 1. The summed E-state index contributed by atoms with van der Waals surface area (Å²) in [6.45, 7) is 0. The fourth-order valence-electron chi connectivity index (χ4n) is 0.881. The molecule has 0 saturated carbocycles. The highest BCUT2D eigenvalue weighted by Crippen LogP contribution is 2.28. The molecule has 0 aliphatic rings. The Morgan fingerprint density at radius 2 is 2.17 bits per heavy atom. The van der Waals surface area contributed by atoms with E-state index in [1.807, 2.05) is 0 Å². The zero-order chi connectivity index (χ0) is 9.19. The molecule has 0 bridgehead atoms. The average molecular weight is 179 g/mol. The molecule has 5 heteroatoms. The number of rotatable bonds is 2. The van der Waals surface area contributed by atoms with Crippen LogP contribution in [0.3, 0.4) is 0 Å². The first kappa shape index (κ1) is 9.12. The van der Waals surface area contributed by atoms with Crippen LogP contribution in [0.15, 0.2) is 18.5 Å². The SMILES string of the molecule is OC(CC(F)(F)F)c1cc[nH]c1. The van der Waals surface area contributed by atoms with Gasteiger partial charge in [-0.2, -0.15) is 13.2 Å². The van der Waals surface area contributed by atoms with Gasteiger partial charge in [0.15, 0.2) is 0 Å². The predicted octanol–water partition coefficient (Wildman–Crippen LogP) is 2.00. The summed E-state index contributed by atoms with van der Waals surface area (Å²) < 4.78 is 35.2. The Labute approximate surface area is 67.0 Å². The molecule has 0 aliphatic carbocycles. The predicted molar refractivity (Wildman–Crippen MR) is 36.4 cm³/mol. The van der Waals surface area contributed by atoms with Crippen molar-refractivity contribution < 1.29 is 18.3 Å². The van der Waals surface area contributed by atoms with Gasteiger partial charge < -0.3 is 10.1 Å². The maximum Gasteiger partial charge on any atom is 0.391 e. The molecule has 2 N–H and O–H groups in total. The van der Waals surface area contributed by atoms with Gasteiger partial charge in [0.2, 0.25) is 0 Å². The van der Waals surface area contributed by atoms with E-state index in [0.29, 0.717) is 0 Å². The fourth-order valence-corrected chi connectivity index (χ4v) is 0.881. The van der Waals surface area contributed by atoms with Crippen LogP contribution < -0.4 is 0 Å². The maximum atomic E-state index is 11.7. The van der Waals surface area contributed by atoms with Crippen LogP contribution >= 0.6 is 0 Å². The standard InChI is InChI=1S/C7H8F3NO/c8-7(9,10)3-6(12)5-1-2-11-4-5/h1-2,4,6,11-12H,3H2. The van der Waals surface area contributed by atoms with Crippen molar-refractivity contribution in [3.8, 4) is 0 Å². The minimum absolute atomic E-state index is 0.257. The van der Waals surface area contributed by atoms with Gasteiger partial charge in [-0.05, 0) is 11.6 Å². The molecule has 2 nitrogen and oxygen atoms in total. The van der Waals surface area contributed by atoms with Gasteiger partial charge in [-0.25, -0.2) is 0 Å². The lowest BCUT2D eigenvalue weighted by molar-refractivity contribution is -0.154. The second-order valence-corrected chi connectivity index (χ2v) is 2.48. The quantitative estimate of drug-likeness (QED) is 0.715. The molecule has 1 aromatic heterocycles. The first-order chi connectivity index (χ1) is 5.49. The van der Waals surface area contributed by atoms with Gasteiger partial charge in [-0.1, -0.05) is 0 Å². The summed E-state index contributed by atoms with van der Waals surface area (Å²) in [6, 6.07) is 1.41. The highest BCUT2D eigenvalue weighted by atomic mass is 19.4. The van der Waals surface area contributed by atoms with Gasteiger partial charge in [0.25, 0.3) is 0 Å². The Morgan fingerprint density at radius 3 is 2.58 bits per heavy atom. The molecule has 0 aromatic carbocycles. The Hall–Kier alpha value is -0.970. The Balaban J connectivity index is 2.56. The lowest BCUT2D eigenvalue weighted by atomic mass is 10.1. The highest BCUT2D eigenvalue weighted by molar-refractivity contribution is 5.11. The molecule has 1 atom stereocenters. The molecule has 1 aromatic rings. The second-order valence-electron chi connectivity index (χ2n) is 2.48. The van der Waals surface area contributed by atoms with Crippen LogP contribution in [0.5, 0.6) is 0 Å². The van der Waals surface area contributed by atoms with Crippen molar-refractivity contribution in [1.82, 2.24) is 4.98 Å². The summed E-state index contributed by atoms with van der Waals surface area (Å²) >= 11 is 0. The van der Waals surface area contributed by atoms with E-state index in [1.165, 1.54) is 18.5 Å². The number of aliphatic hydroxyl groups excluding tert-OH is 1. The van der Waals surface area contributed by atoms with Gasteiger partial charge in [0.1, 0.15) is 0 Å². The smallest absolute Gasteiger partial charge is 0.388 e. The molecule has 1 rings (SSSR count). The summed E-state index contributed by atoms with van der Waals surface area (Å²) in [5.74, 6) is 0. The van der Waals surface area contributed by atoms with Gasteiger partial charge in [0.05, 0.1) is 12.5 Å². The van der Waals surface area contributed by atoms with E-state index in [2.05, 4.69) is 4.98 Å². The average Bonchev–Trinajstić information content (AvgIpc) is 2.32. The number of aliphatic hydroxyl groups is 1. The van der Waals surface area contributed by atoms with Crippen LogP contribution in [0.2, 0.25) is 0 Å². The summed E-state index contributed by atoms with van der Waals surface area (Å²) in [4.78, 5) is 2.57. The number of aromatic nitrogens is 1. The minimum atomic E-state index is -4.32. The van der Waals surface area contributed by atoms with Crippen LogP contribution in [0.4, 0.5) is 13.2 Å². The van der Waals surface area contributed by atoms with Crippen LogP contribution in [-0.2, 0) is 0 Å². The first-order valence-electron chi connectivity index (χ1n) is 3.36. The molecule has 12 heavy (non-hydrogen) atoms. The fraction of sp³-hybridized carbons (Fsp3) is 0.429. The molecule has 0 fully saturated rings.